The van der Waals surface area contributed by atoms with Crippen LogP contribution in [0.1, 0.15) is 69.9 Å². The van der Waals surface area contributed by atoms with Crippen LogP contribution in [0.15, 0.2) is 36.4 Å². The molecule has 2 aromatic carbocycles. The molecule has 7 heteroatoms. The molecule has 0 aromatic heterocycles. The smallest absolute Gasteiger partial charge is 0.237 e. The van der Waals surface area contributed by atoms with Crippen LogP contribution in [0.25, 0.3) is 0 Å². The lowest BCUT2D eigenvalue weighted by Gasteiger charge is -2.40. The van der Waals surface area contributed by atoms with Gasteiger partial charge in [-0.1, -0.05) is 61.2 Å². The van der Waals surface area contributed by atoms with Gasteiger partial charge in [-0.15, -0.1) is 0 Å². The summed E-state index contributed by atoms with van der Waals surface area (Å²) < 4.78 is 15.6. The van der Waals surface area contributed by atoms with E-state index in [1.807, 2.05) is 19.9 Å². The van der Waals surface area contributed by atoms with E-state index >= 15 is 4.39 Å². The first-order valence-corrected chi connectivity index (χ1v) is 13.2. The van der Waals surface area contributed by atoms with Crippen molar-refractivity contribution in [3.8, 4) is 0 Å². The van der Waals surface area contributed by atoms with Gasteiger partial charge in [0.15, 0.2) is 5.78 Å². The minimum atomic E-state index is -1.22. The normalized spacial score (nSPS) is 31.4. The molecule has 0 radical (unpaired) electrons. The number of nitrogens with one attached hydrogen (secondary N) is 2. The van der Waals surface area contributed by atoms with Crippen LogP contribution in [0.5, 0.6) is 0 Å². The van der Waals surface area contributed by atoms with Crippen LogP contribution in [0.3, 0.4) is 0 Å². The molecular weight excluding hydrogens is 486 g/mol. The Morgan fingerprint density at radius 3 is 2.54 bits per heavy atom. The van der Waals surface area contributed by atoms with Gasteiger partial charge in [0.05, 0.1) is 11.1 Å². The van der Waals surface area contributed by atoms with E-state index in [9.17, 15) is 9.59 Å². The molecule has 5 rings (SSSR count). The van der Waals surface area contributed by atoms with Crippen LogP contribution < -0.4 is 10.6 Å². The fraction of sp³-hybridized carbons (Fsp3) is 0.500. The summed E-state index contributed by atoms with van der Waals surface area (Å²) in [5.41, 5.74) is -0.476. The third-order valence-electron chi connectivity index (χ3n) is 8.60. The first kappa shape index (κ1) is 24.7. The van der Waals surface area contributed by atoms with Gasteiger partial charge in [0.2, 0.25) is 5.91 Å². The SMILES string of the molecule is CC1CCC(CC(=O)C2NC(C)(C)C3(C(=O)Nc4cc(Cl)ccc43)C2c2cccc(Cl)c2F)CC1. The first-order valence-electron chi connectivity index (χ1n) is 12.4. The number of Topliss-reactive ketones (excluding diaryl/α,β-unsaturated/α-hetero) is 1. The molecule has 1 aliphatic carbocycles. The number of carbonyl (C=O) groups excluding carboxylic acids is 2. The van der Waals surface area contributed by atoms with Crippen LogP contribution in [-0.4, -0.2) is 23.3 Å². The van der Waals surface area contributed by atoms with Gasteiger partial charge in [-0.2, -0.15) is 0 Å². The van der Waals surface area contributed by atoms with Crippen LogP contribution >= 0.6 is 23.2 Å². The molecule has 2 aromatic rings. The number of anilines is 1. The van der Waals surface area contributed by atoms with Crippen LogP contribution in [0.4, 0.5) is 10.1 Å². The molecule has 2 aliphatic heterocycles. The molecule has 2 fully saturated rings. The Kier molecular flexibility index (Phi) is 6.26. The number of ketones is 1. The molecule has 1 saturated carbocycles. The predicted octanol–water partition coefficient (Wildman–Crippen LogP) is 6.64. The van der Waals surface area contributed by atoms with E-state index in [2.05, 4.69) is 17.6 Å². The molecule has 4 nitrogen and oxygen atoms in total. The van der Waals surface area contributed by atoms with Crippen molar-refractivity contribution < 1.29 is 14.0 Å². The summed E-state index contributed by atoms with van der Waals surface area (Å²) in [6, 6.07) is 9.36. The number of hydrogen-bond acceptors (Lipinski definition) is 3. The number of amides is 1. The molecule has 2 N–H and O–H groups in total. The highest BCUT2D eigenvalue weighted by molar-refractivity contribution is 6.31. The molecule has 186 valence electrons. The molecule has 35 heavy (non-hydrogen) atoms. The Hall–Kier alpha value is -1.95. The molecule has 2 heterocycles. The number of halogens is 3. The second-order valence-corrected chi connectivity index (χ2v) is 12.0. The Bertz CT molecular complexity index is 1190. The van der Waals surface area contributed by atoms with Crippen LogP contribution in [0, 0.1) is 17.7 Å². The Morgan fingerprint density at radius 1 is 1.11 bits per heavy atom. The van der Waals surface area contributed by atoms with Gasteiger partial charge in [0.25, 0.3) is 0 Å². The largest absolute Gasteiger partial charge is 0.325 e. The van der Waals surface area contributed by atoms with Gasteiger partial charge >= 0.3 is 0 Å². The Labute approximate surface area is 216 Å². The fourth-order valence-electron chi connectivity index (χ4n) is 6.85. The lowest BCUT2D eigenvalue weighted by molar-refractivity contribution is -0.123. The summed E-state index contributed by atoms with van der Waals surface area (Å²) in [4.78, 5) is 27.8. The summed E-state index contributed by atoms with van der Waals surface area (Å²) in [5, 5.41) is 6.94. The quantitative estimate of drug-likeness (QED) is 0.478. The first-order chi connectivity index (χ1) is 16.6. The standard InChI is InChI=1S/C28H31Cl2FN2O2/c1-15-7-9-16(10-8-15)13-22(34)25-23(18-5-4-6-20(30)24(18)31)28(27(2,3)33-25)19-12-11-17(29)14-21(19)32-26(28)35/h4-6,11-12,14-16,23,25,33H,7-10,13H2,1-3H3,(H,32,35). The summed E-state index contributed by atoms with van der Waals surface area (Å²) in [5.74, 6) is -0.598. The minimum Gasteiger partial charge on any atom is -0.325 e. The van der Waals surface area contributed by atoms with E-state index in [-0.39, 0.29) is 22.3 Å². The number of fused-ring (bicyclic) bond motifs is 2. The zero-order chi connectivity index (χ0) is 25.1. The molecule has 3 unspecified atom stereocenters. The van der Waals surface area contributed by atoms with Gasteiger partial charge in [-0.05, 0) is 67.9 Å². The van der Waals surface area contributed by atoms with E-state index in [1.54, 1.807) is 24.3 Å². The molecular formula is C28H31Cl2FN2O2. The Balaban J connectivity index is 1.65. The van der Waals surface area contributed by atoms with Crippen LogP contribution in [0.2, 0.25) is 10.0 Å². The van der Waals surface area contributed by atoms with Gasteiger partial charge in [-0.25, -0.2) is 4.39 Å². The minimum absolute atomic E-state index is 0.0223. The maximum atomic E-state index is 15.6. The lowest BCUT2D eigenvalue weighted by Crippen LogP contribution is -2.55. The van der Waals surface area contributed by atoms with Crippen molar-refractivity contribution in [2.45, 2.75) is 75.8 Å². The predicted molar refractivity (Wildman–Crippen MR) is 138 cm³/mol. The molecule has 1 spiro atoms. The lowest BCUT2D eigenvalue weighted by atomic mass is 9.60. The van der Waals surface area contributed by atoms with E-state index in [1.165, 1.54) is 6.07 Å². The maximum absolute atomic E-state index is 15.6. The highest BCUT2D eigenvalue weighted by atomic mass is 35.5. The van der Waals surface area contributed by atoms with Gasteiger partial charge in [-0.3, -0.25) is 9.59 Å². The maximum Gasteiger partial charge on any atom is 0.237 e. The molecule has 1 saturated heterocycles. The van der Waals surface area contributed by atoms with Crippen molar-refractivity contribution in [3.63, 3.8) is 0 Å². The molecule has 1 amide bonds. The molecule has 0 bridgehead atoms. The highest BCUT2D eigenvalue weighted by Crippen LogP contribution is 2.59. The van der Waals surface area contributed by atoms with E-state index in [0.717, 1.165) is 31.2 Å². The topological polar surface area (TPSA) is 58.2 Å². The van der Waals surface area contributed by atoms with Crippen molar-refractivity contribution in [1.29, 1.82) is 0 Å². The van der Waals surface area contributed by atoms with Crippen molar-refractivity contribution in [1.82, 2.24) is 5.32 Å². The summed E-state index contributed by atoms with van der Waals surface area (Å²) in [6.45, 7) is 6.09. The average molecular weight is 517 g/mol. The Morgan fingerprint density at radius 2 is 1.83 bits per heavy atom. The van der Waals surface area contributed by atoms with Crippen molar-refractivity contribution >= 4 is 40.6 Å². The number of hydrogen-bond donors (Lipinski definition) is 2. The average Bonchev–Trinajstić information content (AvgIpc) is 3.23. The second kappa shape index (κ2) is 8.86. The highest BCUT2D eigenvalue weighted by Gasteiger charge is 2.69. The third kappa shape index (κ3) is 3.82. The zero-order valence-corrected chi connectivity index (χ0v) is 21.8. The van der Waals surface area contributed by atoms with E-state index in [4.69, 9.17) is 23.2 Å². The van der Waals surface area contributed by atoms with Crippen molar-refractivity contribution in [2.24, 2.45) is 11.8 Å². The molecule has 3 atom stereocenters. The zero-order valence-electron chi connectivity index (χ0n) is 20.3. The van der Waals surface area contributed by atoms with Crippen molar-refractivity contribution in [3.05, 3.63) is 63.4 Å². The summed E-state index contributed by atoms with van der Waals surface area (Å²) in [6.07, 6.45) is 4.70. The third-order valence-corrected chi connectivity index (χ3v) is 9.13. The van der Waals surface area contributed by atoms with E-state index in [0.29, 0.717) is 29.0 Å². The van der Waals surface area contributed by atoms with Gasteiger partial charge < -0.3 is 10.6 Å². The van der Waals surface area contributed by atoms with Gasteiger partial charge in [0.1, 0.15) is 11.2 Å². The summed E-state index contributed by atoms with van der Waals surface area (Å²) >= 11 is 12.5. The van der Waals surface area contributed by atoms with Gasteiger partial charge in [0, 0.05) is 28.6 Å². The van der Waals surface area contributed by atoms with E-state index < -0.39 is 28.7 Å². The monoisotopic (exact) mass is 516 g/mol. The molecule has 3 aliphatic rings. The summed E-state index contributed by atoms with van der Waals surface area (Å²) in [7, 11) is 0. The fourth-order valence-corrected chi connectivity index (χ4v) is 7.20. The number of carbonyl (C=O) groups is 2. The number of rotatable bonds is 4. The van der Waals surface area contributed by atoms with Crippen molar-refractivity contribution in [2.75, 3.05) is 5.32 Å². The second-order valence-electron chi connectivity index (χ2n) is 11.1. The number of benzene rings is 2. The van der Waals surface area contributed by atoms with Crippen LogP contribution in [-0.2, 0) is 15.0 Å².